The maximum atomic E-state index is 11.0. The highest BCUT2D eigenvalue weighted by Gasteiger charge is 2.21. The first-order valence-electron chi connectivity index (χ1n) is 4.11. The largest absolute Gasteiger partial charge is 0.366 e. The molecule has 0 atom stereocenters. The van der Waals surface area contributed by atoms with E-state index in [2.05, 4.69) is 15.4 Å². The Labute approximate surface area is 90.7 Å². The Morgan fingerprint density at radius 2 is 1.93 bits per heavy atom. The topological polar surface area (TPSA) is 70.2 Å². The van der Waals surface area contributed by atoms with E-state index in [1.165, 1.54) is 0 Å². The van der Waals surface area contributed by atoms with Crippen LogP contribution in [0.3, 0.4) is 0 Å². The fraction of sp³-hybridized carbons (Fsp3) is 0.857. The number of thiocarbonyl (C=S) groups is 1. The second-order valence-electron chi connectivity index (χ2n) is 3.69. The molecule has 0 spiro atoms. The SMILES string of the molecule is CNC(=S)NCC(C)(C)NS(C)(=O)=O. The molecule has 0 amide bonds. The lowest BCUT2D eigenvalue weighted by Crippen LogP contribution is -2.52. The number of rotatable bonds is 4. The molecule has 0 saturated carbocycles. The number of nitrogens with one attached hydrogen (secondary N) is 3. The molecule has 0 aromatic rings. The van der Waals surface area contributed by atoms with Crippen LogP contribution in [0.4, 0.5) is 0 Å². The molecular weight excluding hydrogens is 222 g/mol. The van der Waals surface area contributed by atoms with Crippen molar-refractivity contribution >= 4 is 27.4 Å². The highest BCUT2D eigenvalue weighted by Crippen LogP contribution is 2.01. The van der Waals surface area contributed by atoms with Crippen LogP contribution in [0.2, 0.25) is 0 Å². The summed E-state index contributed by atoms with van der Waals surface area (Å²) >= 11 is 4.87. The van der Waals surface area contributed by atoms with Crippen molar-refractivity contribution in [2.45, 2.75) is 19.4 Å². The van der Waals surface area contributed by atoms with Crippen LogP contribution in [-0.2, 0) is 10.0 Å². The summed E-state index contributed by atoms with van der Waals surface area (Å²) in [5.74, 6) is 0. The minimum atomic E-state index is -3.19. The Morgan fingerprint density at radius 1 is 1.43 bits per heavy atom. The normalized spacial score (nSPS) is 12.3. The molecule has 0 heterocycles. The van der Waals surface area contributed by atoms with Crippen molar-refractivity contribution in [3.05, 3.63) is 0 Å². The van der Waals surface area contributed by atoms with Gasteiger partial charge in [0.15, 0.2) is 5.11 Å². The van der Waals surface area contributed by atoms with E-state index in [4.69, 9.17) is 12.2 Å². The Balaban J connectivity index is 4.15. The number of hydrogen-bond acceptors (Lipinski definition) is 3. The third-order valence-electron chi connectivity index (χ3n) is 1.38. The first kappa shape index (κ1) is 13.6. The molecule has 0 rings (SSSR count). The van der Waals surface area contributed by atoms with Crippen molar-refractivity contribution in [2.24, 2.45) is 0 Å². The van der Waals surface area contributed by atoms with E-state index in [9.17, 15) is 8.42 Å². The van der Waals surface area contributed by atoms with Gasteiger partial charge >= 0.3 is 0 Å². The summed E-state index contributed by atoms with van der Waals surface area (Å²) in [5.41, 5.74) is -0.561. The van der Waals surface area contributed by atoms with Gasteiger partial charge in [0.25, 0.3) is 0 Å². The van der Waals surface area contributed by atoms with Crippen LogP contribution in [0.1, 0.15) is 13.8 Å². The molecule has 14 heavy (non-hydrogen) atoms. The van der Waals surface area contributed by atoms with E-state index in [0.29, 0.717) is 11.7 Å². The lowest BCUT2D eigenvalue weighted by atomic mass is 10.1. The quantitative estimate of drug-likeness (QED) is 0.572. The van der Waals surface area contributed by atoms with Crippen LogP contribution in [0.25, 0.3) is 0 Å². The molecular formula is C7H17N3O2S2. The molecule has 0 radical (unpaired) electrons. The van der Waals surface area contributed by atoms with Crippen LogP contribution in [0.15, 0.2) is 0 Å². The summed E-state index contributed by atoms with van der Waals surface area (Å²) in [7, 11) is -1.49. The molecule has 0 aliphatic carbocycles. The molecule has 7 heteroatoms. The van der Waals surface area contributed by atoms with Crippen molar-refractivity contribution in [3.63, 3.8) is 0 Å². The van der Waals surface area contributed by atoms with E-state index >= 15 is 0 Å². The minimum Gasteiger partial charge on any atom is -0.366 e. The van der Waals surface area contributed by atoms with Crippen LogP contribution in [0, 0.1) is 0 Å². The monoisotopic (exact) mass is 239 g/mol. The summed E-state index contributed by atoms with van der Waals surface area (Å²) in [6.45, 7) is 3.98. The molecule has 0 aliphatic heterocycles. The zero-order chi connectivity index (χ0) is 11.4. The van der Waals surface area contributed by atoms with Crippen molar-refractivity contribution < 1.29 is 8.42 Å². The van der Waals surface area contributed by atoms with Crippen molar-refractivity contribution in [1.29, 1.82) is 0 Å². The minimum absolute atomic E-state index is 0.430. The van der Waals surface area contributed by atoms with Gasteiger partial charge in [0.2, 0.25) is 10.0 Å². The molecule has 0 fully saturated rings. The Hall–Kier alpha value is -0.400. The molecule has 0 bridgehead atoms. The molecule has 0 aromatic carbocycles. The molecule has 0 saturated heterocycles. The maximum absolute atomic E-state index is 11.0. The molecule has 84 valence electrons. The lowest BCUT2D eigenvalue weighted by Gasteiger charge is -2.25. The smallest absolute Gasteiger partial charge is 0.209 e. The first-order chi connectivity index (χ1) is 6.16. The third kappa shape index (κ3) is 7.05. The predicted octanol–water partition coefficient (Wildman–Crippen LogP) is -0.592. The maximum Gasteiger partial charge on any atom is 0.209 e. The highest BCUT2D eigenvalue weighted by atomic mass is 32.2. The van der Waals surface area contributed by atoms with Crippen molar-refractivity contribution in [2.75, 3.05) is 19.8 Å². The lowest BCUT2D eigenvalue weighted by molar-refractivity contribution is 0.448. The second kappa shape index (κ2) is 4.90. The van der Waals surface area contributed by atoms with Gasteiger partial charge in [-0.2, -0.15) is 0 Å². The summed E-state index contributed by atoms with van der Waals surface area (Å²) in [6, 6.07) is 0. The zero-order valence-electron chi connectivity index (χ0n) is 8.84. The van der Waals surface area contributed by atoms with Gasteiger partial charge in [-0.15, -0.1) is 0 Å². The van der Waals surface area contributed by atoms with Gasteiger partial charge in [0, 0.05) is 19.1 Å². The van der Waals surface area contributed by atoms with Gasteiger partial charge in [-0.1, -0.05) is 0 Å². The zero-order valence-corrected chi connectivity index (χ0v) is 10.5. The second-order valence-corrected chi connectivity index (χ2v) is 5.85. The Kier molecular flexibility index (Phi) is 4.76. The first-order valence-corrected chi connectivity index (χ1v) is 6.41. The van der Waals surface area contributed by atoms with E-state index in [0.717, 1.165) is 6.26 Å². The Bertz CT molecular complexity index is 298. The molecule has 3 N–H and O–H groups in total. The van der Waals surface area contributed by atoms with Crippen LogP contribution >= 0.6 is 12.2 Å². The standard InChI is InChI=1S/C7H17N3O2S2/c1-7(2,10-14(4,11)12)5-9-6(13)8-3/h10H,5H2,1-4H3,(H2,8,9,13). The van der Waals surface area contributed by atoms with Gasteiger partial charge in [0.05, 0.1) is 6.26 Å². The van der Waals surface area contributed by atoms with Gasteiger partial charge < -0.3 is 10.6 Å². The Morgan fingerprint density at radius 3 is 2.29 bits per heavy atom. The van der Waals surface area contributed by atoms with Gasteiger partial charge in [0.1, 0.15) is 0 Å². The predicted molar refractivity (Wildman–Crippen MR) is 61.7 cm³/mol. The molecule has 0 aliphatic rings. The average molecular weight is 239 g/mol. The average Bonchev–Trinajstić information content (AvgIpc) is 1.96. The van der Waals surface area contributed by atoms with Crippen LogP contribution in [-0.4, -0.2) is 38.9 Å². The van der Waals surface area contributed by atoms with E-state index in [1.54, 1.807) is 20.9 Å². The fourth-order valence-electron chi connectivity index (χ4n) is 0.928. The van der Waals surface area contributed by atoms with Crippen molar-refractivity contribution in [1.82, 2.24) is 15.4 Å². The number of hydrogen-bond donors (Lipinski definition) is 3. The molecule has 5 nitrogen and oxygen atoms in total. The summed E-state index contributed by atoms with van der Waals surface area (Å²) in [4.78, 5) is 0. The summed E-state index contributed by atoms with van der Waals surface area (Å²) in [6.07, 6.45) is 1.13. The highest BCUT2D eigenvalue weighted by molar-refractivity contribution is 7.88. The van der Waals surface area contributed by atoms with E-state index < -0.39 is 15.6 Å². The third-order valence-corrected chi connectivity index (χ3v) is 2.65. The molecule has 0 aromatic heterocycles. The van der Waals surface area contributed by atoms with Crippen LogP contribution in [0.5, 0.6) is 0 Å². The van der Waals surface area contributed by atoms with Crippen LogP contribution < -0.4 is 15.4 Å². The summed E-state index contributed by atoms with van der Waals surface area (Å²) in [5, 5.41) is 6.13. The van der Waals surface area contributed by atoms with E-state index in [1.807, 2.05) is 0 Å². The van der Waals surface area contributed by atoms with Gasteiger partial charge in [-0.25, -0.2) is 13.1 Å². The van der Waals surface area contributed by atoms with E-state index in [-0.39, 0.29) is 0 Å². The number of sulfonamides is 1. The van der Waals surface area contributed by atoms with Crippen molar-refractivity contribution in [3.8, 4) is 0 Å². The van der Waals surface area contributed by atoms with Gasteiger partial charge in [-0.3, -0.25) is 0 Å². The van der Waals surface area contributed by atoms with Gasteiger partial charge in [-0.05, 0) is 26.1 Å². The summed E-state index contributed by atoms with van der Waals surface area (Å²) < 4.78 is 24.4. The fourth-order valence-corrected chi connectivity index (χ4v) is 2.08. The molecule has 0 unspecified atom stereocenters.